The zero-order valence-electron chi connectivity index (χ0n) is 47.3. The summed E-state index contributed by atoms with van der Waals surface area (Å²) in [5, 5.41) is 23.2. The molecule has 3 N–H and O–H groups in total. The highest BCUT2D eigenvalue weighted by Crippen LogP contribution is 2.18. The maximum absolute atomic E-state index is 12.5. The van der Waals surface area contributed by atoms with Crippen LogP contribution in [-0.2, 0) is 14.3 Å². The van der Waals surface area contributed by atoms with E-state index in [1.165, 1.54) is 263 Å². The number of ether oxygens (including phenoxy) is 1. The molecule has 70 heavy (non-hydrogen) atoms. The van der Waals surface area contributed by atoms with Gasteiger partial charge in [-0.05, 0) is 57.8 Å². The molecule has 0 saturated carbocycles. The van der Waals surface area contributed by atoms with Crippen molar-refractivity contribution in [1.29, 1.82) is 0 Å². The molecule has 6 nitrogen and oxygen atoms in total. The highest BCUT2D eigenvalue weighted by molar-refractivity contribution is 5.76. The van der Waals surface area contributed by atoms with Gasteiger partial charge in [-0.2, -0.15) is 0 Å². The van der Waals surface area contributed by atoms with Gasteiger partial charge in [-0.15, -0.1) is 0 Å². The summed E-state index contributed by atoms with van der Waals surface area (Å²) < 4.78 is 5.49. The highest BCUT2D eigenvalue weighted by atomic mass is 16.5. The van der Waals surface area contributed by atoms with E-state index in [4.69, 9.17) is 4.74 Å². The van der Waals surface area contributed by atoms with Crippen LogP contribution in [0.25, 0.3) is 0 Å². The van der Waals surface area contributed by atoms with E-state index in [0.29, 0.717) is 19.4 Å². The van der Waals surface area contributed by atoms with Crippen LogP contribution in [0.4, 0.5) is 0 Å². The molecular weight excluding hydrogens is 863 g/mol. The Morgan fingerprint density at radius 1 is 0.386 bits per heavy atom. The van der Waals surface area contributed by atoms with Gasteiger partial charge >= 0.3 is 5.97 Å². The van der Waals surface area contributed by atoms with Gasteiger partial charge in [-0.1, -0.05) is 301 Å². The first-order chi connectivity index (χ1) is 34.5. The number of aliphatic hydroxyl groups is 2. The lowest BCUT2D eigenvalue weighted by Gasteiger charge is -2.20. The third kappa shape index (κ3) is 55.7. The Bertz CT molecular complexity index is 1090. The molecular formula is C64H123NO5. The topological polar surface area (TPSA) is 95.9 Å². The highest BCUT2D eigenvalue weighted by Gasteiger charge is 2.18. The number of nitrogens with one attached hydrogen (secondary N) is 1. The second-order valence-corrected chi connectivity index (χ2v) is 21.7. The number of rotatable bonds is 59. The molecule has 0 radical (unpaired) electrons. The van der Waals surface area contributed by atoms with Crippen molar-refractivity contribution in [2.45, 2.75) is 360 Å². The fourth-order valence-electron chi connectivity index (χ4n) is 9.87. The number of carbonyl (C=O) groups is 2. The SMILES string of the molecule is CCCCCCCCC/C=C\CCCCCCCCCC(=O)OCCCCCCCCCCCCCCCC(=O)NC(CO)C(O)/C=C/CCCCCCCCCCCCCCCCCCCCCC. The average Bonchev–Trinajstić information content (AvgIpc) is 3.36. The van der Waals surface area contributed by atoms with E-state index in [1.54, 1.807) is 6.08 Å². The fourth-order valence-corrected chi connectivity index (χ4v) is 9.87. The zero-order chi connectivity index (χ0) is 50.7. The van der Waals surface area contributed by atoms with Crippen molar-refractivity contribution < 1.29 is 24.5 Å². The smallest absolute Gasteiger partial charge is 0.305 e. The largest absolute Gasteiger partial charge is 0.466 e. The number of allylic oxidation sites excluding steroid dienone is 3. The Morgan fingerprint density at radius 3 is 1.01 bits per heavy atom. The Labute approximate surface area is 437 Å². The number of amides is 1. The predicted octanol–water partition coefficient (Wildman–Crippen LogP) is 19.8. The van der Waals surface area contributed by atoms with E-state index < -0.39 is 12.1 Å². The quantitative estimate of drug-likeness (QED) is 0.0321. The molecule has 0 rings (SSSR count). The van der Waals surface area contributed by atoms with Crippen LogP contribution in [0.3, 0.4) is 0 Å². The Balaban J connectivity index is 3.46. The molecule has 6 heteroatoms. The summed E-state index contributed by atoms with van der Waals surface area (Å²) in [4.78, 5) is 24.6. The number of hydrogen-bond donors (Lipinski definition) is 3. The molecule has 2 atom stereocenters. The average molecular weight is 987 g/mol. The van der Waals surface area contributed by atoms with Crippen molar-refractivity contribution >= 4 is 11.9 Å². The van der Waals surface area contributed by atoms with Gasteiger partial charge in [0.2, 0.25) is 5.91 Å². The zero-order valence-corrected chi connectivity index (χ0v) is 47.3. The van der Waals surface area contributed by atoms with Gasteiger partial charge in [0.1, 0.15) is 0 Å². The summed E-state index contributed by atoms with van der Waals surface area (Å²) in [7, 11) is 0. The molecule has 0 saturated heterocycles. The van der Waals surface area contributed by atoms with E-state index >= 15 is 0 Å². The van der Waals surface area contributed by atoms with Crippen LogP contribution >= 0.6 is 0 Å². The third-order valence-corrected chi connectivity index (χ3v) is 14.7. The minimum Gasteiger partial charge on any atom is -0.466 e. The number of hydrogen-bond acceptors (Lipinski definition) is 5. The van der Waals surface area contributed by atoms with E-state index in [-0.39, 0.29) is 18.5 Å². The first kappa shape index (κ1) is 68.3. The molecule has 0 aliphatic carbocycles. The Morgan fingerprint density at radius 2 is 0.671 bits per heavy atom. The van der Waals surface area contributed by atoms with Crippen LogP contribution < -0.4 is 5.32 Å². The fraction of sp³-hybridized carbons (Fsp3) is 0.906. The van der Waals surface area contributed by atoms with Gasteiger partial charge in [0, 0.05) is 12.8 Å². The number of carbonyl (C=O) groups excluding carboxylic acids is 2. The molecule has 0 aromatic heterocycles. The van der Waals surface area contributed by atoms with Gasteiger partial charge in [0.05, 0.1) is 25.4 Å². The summed E-state index contributed by atoms with van der Waals surface area (Å²) >= 11 is 0. The number of aliphatic hydroxyl groups excluding tert-OH is 2. The van der Waals surface area contributed by atoms with Gasteiger partial charge in [-0.25, -0.2) is 0 Å². The van der Waals surface area contributed by atoms with Crippen LogP contribution in [0.2, 0.25) is 0 Å². The van der Waals surface area contributed by atoms with Gasteiger partial charge in [0.15, 0.2) is 0 Å². The maximum atomic E-state index is 12.5. The summed E-state index contributed by atoms with van der Waals surface area (Å²) in [6.07, 6.45) is 73.5. The molecule has 0 aliphatic rings. The van der Waals surface area contributed by atoms with E-state index in [0.717, 1.165) is 57.8 Å². The van der Waals surface area contributed by atoms with E-state index in [2.05, 4.69) is 31.3 Å². The van der Waals surface area contributed by atoms with Crippen LogP contribution in [-0.4, -0.2) is 47.4 Å². The molecule has 0 aromatic carbocycles. The number of esters is 1. The summed E-state index contributed by atoms with van der Waals surface area (Å²) in [6.45, 7) is 4.90. The van der Waals surface area contributed by atoms with Crippen LogP contribution in [0.5, 0.6) is 0 Å². The minimum atomic E-state index is -0.854. The van der Waals surface area contributed by atoms with Crippen molar-refractivity contribution in [2.24, 2.45) is 0 Å². The molecule has 0 heterocycles. The maximum Gasteiger partial charge on any atom is 0.305 e. The van der Waals surface area contributed by atoms with Crippen molar-refractivity contribution in [3.8, 4) is 0 Å². The second kappa shape index (κ2) is 59.9. The van der Waals surface area contributed by atoms with Crippen molar-refractivity contribution in [1.82, 2.24) is 5.32 Å². The van der Waals surface area contributed by atoms with E-state index in [1.807, 2.05) is 6.08 Å². The third-order valence-electron chi connectivity index (χ3n) is 14.7. The number of unbranched alkanes of at least 4 members (excludes halogenated alkanes) is 46. The minimum absolute atomic E-state index is 0.00886. The lowest BCUT2D eigenvalue weighted by atomic mass is 10.0. The van der Waals surface area contributed by atoms with Crippen LogP contribution in [0, 0.1) is 0 Å². The van der Waals surface area contributed by atoms with Crippen molar-refractivity contribution in [2.75, 3.05) is 13.2 Å². The molecule has 0 aliphatic heterocycles. The summed E-state index contributed by atoms with van der Waals surface area (Å²) in [5.74, 6) is -0.0864. The van der Waals surface area contributed by atoms with E-state index in [9.17, 15) is 19.8 Å². The molecule has 414 valence electrons. The lowest BCUT2D eigenvalue weighted by Crippen LogP contribution is -2.45. The van der Waals surface area contributed by atoms with Crippen molar-refractivity contribution in [3.05, 3.63) is 24.3 Å². The standard InChI is InChI=1S/C64H123NO5/c1-3-5-7-9-11-13-15-17-19-21-23-24-25-26-27-29-32-36-40-44-48-52-56-62(67)61(60-66)65-63(68)57-53-49-45-41-37-33-31-35-39-43-47-51-55-59-70-64(69)58-54-50-46-42-38-34-30-28-22-20-18-16-14-12-10-8-6-4-2/h20,22,52,56,61-62,66-67H,3-19,21,23-51,53-55,57-60H2,1-2H3,(H,65,68)/b22-20-,56-52+. The van der Waals surface area contributed by atoms with Gasteiger partial charge in [0.25, 0.3) is 0 Å². The van der Waals surface area contributed by atoms with Crippen molar-refractivity contribution in [3.63, 3.8) is 0 Å². The predicted molar refractivity (Wildman–Crippen MR) is 306 cm³/mol. The van der Waals surface area contributed by atoms with Crippen LogP contribution in [0.1, 0.15) is 348 Å². The first-order valence-corrected chi connectivity index (χ1v) is 31.6. The first-order valence-electron chi connectivity index (χ1n) is 31.6. The second-order valence-electron chi connectivity index (χ2n) is 21.7. The molecule has 0 bridgehead atoms. The molecule has 1 amide bonds. The molecule has 0 fully saturated rings. The van der Waals surface area contributed by atoms with Crippen LogP contribution in [0.15, 0.2) is 24.3 Å². The summed E-state index contributed by atoms with van der Waals surface area (Å²) in [6, 6.07) is -0.639. The molecule has 0 aromatic rings. The van der Waals surface area contributed by atoms with Gasteiger partial charge < -0.3 is 20.3 Å². The summed E-state index contributed by atoms with van der Waals surface area (Å²) in [5.41, 5.74) is 0. The Hall–Kier alpha value is -1.66. The normalized spacial score (nSPS) is 12.7. The molecule has 2 unspecified atom stereocenters. The molecule has 0 spiro atoms. The Kier molecular flexibility index (Phi) is 58.5. The monoisotopic (exact) mass is 986 g/mol. The van der Waals surface area contributed by atoms with Gasteiger partial charge in [-0.3, -0.25) is 9.59 Å². The lowest BCUT2D eigenvalue weighted by molar-refractivity contribution is -0.143.